The van der Waals surface area contributed by atoms with Crippen molar-refractivity contribution in [2.45, 2.75) is 39.3 Å². The highest BCUT2D eigenvalue weighted by atomic mass is 16.2. The Hall–Kier alpha value is -1.35. The second kappa shape index (κ2) is 5.32. The third-order valence-corrected chi connectivity index (χ3v) is 3.04. The number of hydrogen-bond donors (Lipinski definition) is 1. The van der Waals surface area contributed by atoms with Crippen LogP contribution in [0.15, 0.2) is 30.3 Å². The number of benzene rings is 1. The molecule has 1 rings (SSSR count). The Morgan fingerprint density at radius 1 is 1.35 bits per heavy atom. The van der Waals surface area contributed by atoms with Gasteiger partial charge in [0.15, 0.2) is 0 Å². The molecule has 3 heteroatoms. The summed E-state index contributed by atoms with van der Waals surface area (Å²) in [5, 5.41) is 0. The van der Waals surface area contributed by atoms with E-state index in [1.54, 1.807) is 11.8 Å². The second-order valence-corrected chi connectivity index (χ2v) is 4.75. The van der Waals surface area contributed by atoms with Crippen LogP contribution >= 0.6 is 0 Å². The Bertz CT molecular complexity index is 371. The summed E-state index contributed by atoms with van der Waals surface area (Å²) < 4.78 is 0. The summed E-state index contributed by atoms with van der Waals surface area (Å²) in [6, 6.07) is 9.68. The molecule has 2 N–H and O–H groups in total. The lowest BCUT2D eigenvalue weighted by atomic mass is 9.91. The maximum atomic E-state index is 12.4. The normalized spacial score (nSPS) is 14.5. The topological polar surface area (TPSA) is 46.3 Å². The first-order valence-corrected chi connectivity index (χ1v) is 6.06. The van der Waals surface area contributed by atoms with Crippen molar-refractivity contribution < 1.29 is 4.79 Å². The van der Waals surface area contributed by atoms with E-state index in [1.165, 1.54) is 0 Å². The molecule has 0 bridgehead atoms. The molecule has 0 aliphatic carbocycles. The standard InChI is InChI=1S/C14H22N2O/c1-5-16(11(2)3)13(17)14(4,15)12-9-7-6-8-10-12/h6-11H,5,15H2,1-4H3. The number of likely N-dealkylation sites (N-methyl/N-ethyl adjacent to an activating group) is 1. The van der Waals surface area contributed by atoms with Crippen LogP contribution in [-0.2, 0) is 10.3 Å². The van der Waals surface area contributed by atoms with Crippen molar-refractivity contribution in [3.8, 4) is 0 Å². The number of nitrogens with two attached hydrogens (primary N) is 1. The molecule has 17 heavy (non-hydrogen) atoms. The third-order valence-electron chi connectivity index (χ3n) is 3.04. The highest BCUT2D eigenvalue weighted by Crippen LogP contribution is 2.21. The zero-order chi connectivity index (χ0) is 13.1. The number of nitrogens with zero attached hydrogens (tertiary/aromatic N) is 1. The lowest BCUT2D eigenvalue weighted by molar-refractivity contribution is -0.138. The van der Waals surface area contributed by atoms with E-state index in [4.69, 9.17) is 5.73 Å². The van der Waals surface area contributed by atoms with Gasteiger partial charge < -0.3 is 10.6 Å². The molecule has 0 aromatic heterocycles. The van der Waals surface area contributed by atoms with Crippen LogP contribution < -0.4 is 5.73 Å². The van der Waals surface area contributed by atoms with Gasteiger partial charge in [-0.2, -0.15) is 0 Å². The van der Waals surface area contributed by atoms with Crippen molar-refractivity contribution in [2.75, 3.05) is 6.54 Å². The predicted molar refractivity (Wildman–Crippen MR) is 70.5 cm³/mol. The summed E-state index contributed by atoms with van der Waals surface area (Å²) in [6.45, 7) is 8.43. The van der Waals surface area contributed by atoms with Crippen molar-refractivity contribution in [1.82, 2.24) is 4.90 Å². The van der Waals surface area contributed by atoms with Gasteiger partial charge in [0.05, 0.1) is 0 Å². The molecule has 1 aromatic rings. The van der Waals surface area contributed by atoms with Crippen LogP contribution in [-0.4, -0.2) is 23.4 Å². The highest BCUT2D eigenvalue weighted by Gasteiger charge is 2.34. The van der Waals surface area contributed by atoms with Gasteiger partial charge in [-0.05, 0) is 33.3 Å². The van der Waals surface area contributed by atoms with E-state index in [0.717, 1.165) is 5.56 Å². The largest absolute Gasteiger partial charge is 0.339 e. The van der Waals surface area contributed by atoms with Gasteiger partial charge in [0.1, 0.15) is 5.54 Å². The van der Waals surface area contributed by atoms with Crippen molar-refractivity contribution >= 4 is 5.91 Å². The van der Waals surface area contributed by atoms with Gasteiger partial charge in [0.25, 0.3) is 0 Å². The molecule has 0 saturated carbocycles. The van der Waals surface area contributed by atoms with Crippen LogP contribution in [0, 0.1) is 0 Å². The first-order valence-electron chi connectivity index (χ1n) is 6.06. The van der Waals surface area contributed by atoms with E-state index < -0.39 is 5.54 Å². The maximum absolute atomic E-state index is 12.4. The quantitative estimate of drug-likeness (QED) is 0.867. The van der Waals surface area contributed by atoms with Crippen LogP contribution in [0.4, 0.5) is 0 Å². The molecule has 0 saturated heterocycles. The Balaban J connectivity index is 3.02. The fourth-order valence-corrected chi connectivity index (χ4v) is 1.95. The molecular formula is C14H22N2O. The molecule has 1 atom stereocenters. The van der Waals surface area contributed by atoms with Gasteiger partial charge in [-0.3, -0.25) is 4.79 Å². The van der Waals surface area contributed by atoms with Gasteiger partial charge in [0, 0.05) is 12.6 Å². The van der Waals surface area contributed by atoms with E-state index in [0.29, 0.717) is 6.54 Å². The average Bonchev–Trinajstić information content (AvgIpc) is 2.30. The average molecular weight is 234 g/mol. The van der Waals surface area contributed by atoms with E-state index in [2.05, 4.69) is 0 Å². The summed E-state index contributed by atoms with van der Waals surface area (Å²) in [4.78, 5) is 14.2. The Kier molecular flexibility index (Phi) is 4.29. The molecule has 3 nitrogen and oxygen atoms in total. The van der Waals surface area contributed by atoms with E-state index >= 15 is 0 Å². The van der Waals surface area contributed by atoms with Crippen molar-refractivity contribution in [1.29, 1.82) is 0 Å². The lowest BCUT2D eigenvalue weighted by Gasteiger charge is -2.34. The molecule has 94 valence electrons. The van der Waals surface area contributed by atoms with Gasteiger partial charge in [-0.25, -0.2) is 0 Å². The van der Waals surface area contributed by atoms with Crippen LogP contribution in [0.2, 0.25) is 0 Å². The summed E-state index contributed by atoms with van der Waals surface area (Å²) in [6.07, 6.45) is 0. The highest BCUT2D eigenvalue weighted by molar-refractivity contribution is 5.87. The van der Waals surface area contributed by atoms with E-state index in [1.807, 2.05) is 51.1 Å². The minimum atomic E-state index is -0.957. The minimum Gasteiger partial charge on any atom is -0.339 e. The van der Waals surface area contributed by atoms with Gasteiger partial charge in [-0.15, -0.1) is 0 Å². The first-order chi connectivity index (χ1) is 7.91. The van der Waals surface area contributed by atoms with Crippen LogP contribution in [0.3, 0.4) is 0 Å². The number of rotatable bonds is 4. The van der Waals surface area contributed by atoms with Crippen LogP contribution in [0.5, 0.6) is 0 Å². The Morgan fingerprint density at radius 3 is 2.29 bits per heavy atom. The maximum Gasteiger partial charge on any atom is 0.247 e. The predicted octanol–water partition coefficient (Wildman–Crippen LogP) is 2.12. The fourth-order valence-electron chi connectivity index (χ4n) is 1.95. The zero-order valence-corrected chi connectivity index (χ0v) is 11.1. The monoisotopic (exact) mass is 234 g/mol. The summed E-state index contributed by atoms with van der Waals surface area (Å²) >= 11 is 0. The van der Waals surface area contributed by atoms with Crippen molar-refractivity contribution in [3.05, 3.63) is 35.9 Å². The molecule has 0 radical (unpaired) electrons. The van der Waals surface area contributed by atoms with Crippen molar-refractivity contribution in [3.63, 3.8) is 0 Å². The smallest absolute Gasteiger partial charge is 0.247 e. The number of amides is 1. The molecule has 1 amide bonds. The zero-order valence-electron chi connectivity index (χ0n) is 11.1. The fraction of sp³-hybridized carbons (Fsp3) is 0.500. The van der Waals surface area contributed by atoms with Crippen LogP contribution in [0.25, 0.3) is 0 Å². The molecule has 0 fully saturated rings. The van der Waals surface area contributed by atoms with Gasteiger partial charge in [0.2, 0.25) is 5.91 Å². The van der Waals surface area contributed by atoms with Gasteiger partial charge in [-0.1, -0.05) is 30.3 Å². The molecule has 0 spiro atoms. The molecular weight excluding hydrogens is 212 g/mol. The number of hydrogen-bond acceptors (Lipinski definition) is 2. The van der Waals surface area contributed by atoms with E-state index in [-0.39, 0.29) is 11.9 Å². The molecule has 1 aromatic carbocycles. The Labute approximate surface area is 104 Å². The third kappa shape index (κ3) is 2.86. The van der Waals surface area contributed by atoms with E-state index in [9.17, 15) is 4.79 Å². The molecule has 0 aliphatic heterocycles. The first kappa shape index (κ1) is 13.7. The van der Waals surface area contributed by atoms with Crippen molar-refractivity contribution in [2.24, 2.45) is 5.73 Å². The summed E-state index contributed by atoms with van der Waals surface area (Å²) in [7, 11) is 0. The number of carbonyl (C=O) groups is 1. The summed E-state index contributed by atoms with van der Waals surface area (Å²) in [5.41, 5.74) is 6.10. The number of carbonyl (C=O) groups excluding carboxylic acids is 1. The molecule has 0 heterocycles. The Morgan fingerprint density at radius 2 is 1.88 bits per heavy atom. The summed E-state index contributed by atoms with van der Waals surface area (Å²) in [5.74, 6) is -0.0267. The second-order valence-electron chi connectivity index (χ2n) is 4.75. The SMILES string of the molecule is CCN(C(=O)C(C)(N)c1ccccc1)C(C)C. The molecule has 0 aliphatic rings. The lowest BCUT2D eigenvalue weighted by Crippen LogP contribution is -2.52. The minimum absolute atomic E-state index is 0.0267. The van der Waals surface area contributed by atoms with Gasteiger partial charge >= 0.3 is 0 Å². The van der Waals surface area contributed by atoms with Crippen LogP contribution in [0.1, 0.15) is 33.3 Å². The molecule has 1 unspecified atom stereocenters.